The van der Waals surface area contributed by atoms with Gasteiger partial charge in [-0.3, -0.25) is 9.59 Å². The van der Waals surface area contributed by atoms with Gasteiger partial charge in [0.05, 0.1) is 12.7 Å². The summed E-state index contributed by atoms with van der Waals surface area (Å²) in [4.78, 5) is 23.0. The first-order valence-electron chi connectivity index (χ1n) is 7.34. The molecule has 1 rings (SSSR count). The molecule has 0 fully saturated rings. The molecule has 1 aromatic carbocycles. The van der Waals surface area contributed by atoms with Crippen molar-refractivity contribution in [2.75, 3.05) is 7.11 Å². The van der Waals surface area contributed by atoms with Crippen molar-refractivity contribution in [1.82, 2.24) is 0 Å². The number of carbonyl (C=O) groups excluding carboxylic acids is 2. The van der Waals surface area contributed by atoms with Crippen LogP contribution >= 0.6 is 0 Å². The maximum absolute atomic E-state index is 11.9. The molecule has 4 heteroatoms. The van der Waals surface area contributed by atoms with Crippen LogP contribution in [0.5, 0.6) is 0 Å². The van der Waals surface area contributed by atoms with Crippen molar-refractivity contribution >= 4 is 11.8 Å². The maximum atomic E-state index is 11.9. The van der Waals surface area contributed by atoms with E-state index in [-0.39, 0.29) is 18.6 Å². The summed E-state index contributed by atoms with van der Waals surface area (Å²) < 4.78 is 4.48. The number of hydrogen-bond donors (Lipinski definition) is 1. The third-order valence-corrected chi connectivity index (χ3v) is 3.53. The zero-order chi connectivity index (χ0) is 15.7. The van der Waals surface area contributed by atoms with Crippen LogP contribution < -0.4 is 0 Å². The molecule has 0 heterocycles. The van der Waals surface area contributed by atoms with Gasteiger partial charge in [0.2, 0.25) is 0 Å². The van der Waals surface area contributed by atoms with E-state index in [4.69, 9.17) is 0 Å². The highest BCUT2D eigenvalue weighted by Crippen LogP contribution is 2.25. The van der Waals surface area contributed by atoms with Gasteiger partial charge in [-0.25, -0.2) is 0 Å². The topological polar surface area (TPSA) is 63.6 Å². The van der Waals surface area contributed by atoms with Crippen molar-refractivity contribution in [3.8, 4) is 0 Å². The van der Waals surface area contributed by atoms with E-state index < -0.39 is 11.6 Å². The Labute approximate surface area is 126 Å². The van der Waals surface area contributed by atoms with Crippen LogP contribution in [0.3, 0.4) is 0 Å². The lowest BCUT2D eigenvalue weighted by Gasteiger charge is -2.27. The quantitative estimate of drug-likeness (QED) is 0.561. The Morgan fingerprint density at radius 2 is 1.86 bits per heavy atom. The first kappa shape index (κ1) is 17.4. The summed E-state index contributed by atoms with van der Waals surface area (Å²) >= 11 is 0. The minimum atomic E-state index is -1.05. The number of methoxy groups -OCH3 is 1. The van der Waals surface area contributed by atoms with Crippen molar-refractivity contribution in [2.24, 2.45) is 0 Å². The number of benzene rings is 1. The molecule has 0 aliphatic carbocycles. The standard InChI is InChI=1S/C17H24O4/c1-3-10-17(20,13-15(18)12-16(19)21-2)11-9-14-7-5-4-6-8-14/h4-8,20H,3,9-13H2,1-2H3/t17-/m0/s1. The molecule has 4 nitrogen and oxygen atoms in total. The number of Topliss-reactive ketones (excluding diaryl/α,β-unsaturated/α-hetero) is 1. The number of hydrogen-bond acceptors (Lipinski definition) is 4. The summed E-state index contributed by atoms with van der Waals surface area (Å²) in [5.74, 6) is -0.826. The van der Waals surface area contributed by atoms with Gasteiger partial charge in [-0.15, -0.1) is 0 Å². The molecule has 116 valence electrons. The molecule has 0 aromatic heterocycles. The molecule has 21 heavy (non-hydrogen) atoms. The molecule has 0 saturated heterocycles. The van der Waals surface area contributed by atoms with E-state index in [1.165, 1.54) is 7.11 Å². The van der Waals surface area contributed by atoms with E-state index >= 15 is 0 Å². The van der Waals surface area contributed by atoms with Crippen molar-refractivity contribution in [2.45, 2.75) is 51.0 Å². The molecular weight excluding hydrogens is 268 g/mol. The van der Waals surface area contributed by atoms with Gasteiger partial charge < -0.3 is 9.84 Å². The fourth-order valence-corrected chi connectivity index (χ4v) is 2.45. The number of rotatable bonds is 9. The van der Waals surface area contributed by atoms with Crippen molar-refractivity contribution < 1.29 is 19.4 Å². The first-order valence-corrected chi connectivity index (χ1v) is 7.34. The van der Waals surface area contributed by atoms with Crippen LogP contribution in [-0.4, -0.2) is 29.6 Å². The number of ether oxygens (including phenoxy) is 1. The lowest BCUT2D eigenvalue weighted by Crippen LogP contribution is -2.33. The number of aryl methyl sites for hydroxylation is 1. The van der Waals surface area contributed by atoms with Gasteiger partial charge in [0.25, 0.3) is 0 Å². The zero-order valence-corrected chi connectivity index (χ0v) is 12.8. The molecular formula is C17H24O4. The van der Waals surface area contributed by atoms with Crippen LogP contribution in [-0.2, 0) is 20.7 Å². The highest BCUT2D eigenvalue weighted by molar-refractivity contribution is 5.95. The summed E-state index contributed by atoms with van der Waals surface area (Å²) in [6.45, 7) is 1.97. The van der Waals surface area contributed by atoms with E-state index in [1.807, 2.05) is 37.3 Å². The first-order chi connectivity index (χ1) is 9.99. The predicted molar refractivity (Wildman–Crippen MR) is 80.9 cm³/mol. The van der Waals surface area contributed by atoms with Crippen LogP contribution in [0.1, 0.15) is 44.6 Å². The largest absolute Gasteiger partial charge is 0.469 e. The molecule has 0 aliphatic rings. The molecule has 1 atom stereocenters. The molecule has 0 aliphatic heterocycles. The highest BCUT2D eigenvalue weighted by atomic mass is 16.5. The summed E-state index contributed by atoms with van der Waals surface area (Å²) in [6, 6.07) is 9.86. The van der Waals surface area contributed by atoms with Crippen LogP contribution in [0.15, 0.2) is 30.3 Å². The summed E-state index contributed by atoms with van der Waals surface area (Å²) in [5.41, 5.74) is 0.0860. The Hall–Kier alpha value is -1.68. The lowest BCUT2D eigenvalue weighted by atomic mass is 9.85. The van der Waals surface area contributed by atoms with Gasteiger partial charge >= 0.3 is 5.97 Å². The number of ketones is 1. The monoisotopic (exact) mass is 292 g/mol. The lowest BCUT2D eigenvalue weighted by molar-refractivity contribution is -0.144. The Bertz CT molecular complexity index is 455. The summed E-state index contributed by atoms with van der Waals surface area (Å²) in [6.07, 6.45) is 2.29. The molecule has 0 spiro atoms. The van der Waals surface area contributed by atoms with E-state index in [2.05, 4.69) is 4.74 Å². The molecule has 0 bridgehead atoms. The summed E-state index contributed by atoms with van der Waals surface area (Å²) in [5, 5.41) is 10.7. The number of esters is 1. The van der Waals surface area contributed by atoms with Gasteiger partial charge in [-0.2, -0.15) is 0 Å². The molecule has 0 amide bonds. The van der Waals surface area contributed by atoms with Gasteiger partial charge in [0, 0.05) is 6.42 Å². The average Bonchev–Trinajstić information content (AvgIpc) is 2.46. The van der Waals surface area contributed by atoms with E-state index in [0.29, 0.717) is 19.3 Å². The van der Waals surface area contributed by atoms with Crippen molar-refractivity contribution in [3.63, 3.8) is 0 Å². The van der Waals surface area contributed by atoms with Crippen LogP contribution in [0.25, 0.3) is 0 Å². The van der Waals surface area contributed by atoms with Crippen LogP contribution in [0, 0.1) is 0 Å². The predicted octanol–water partition coefficient (Wildman–Crippen LogP) is 2.67. The van der Waals surface area contributed by atoms with E-state index in [0.717, 1.165) is 12.0 Å². The minimum Gasteiger partial charge on any atom is -0.469 e. The van der Waals surface area contributed by atoms with Gasteiger partial charge in [-0.1, -0.05) is 43.7 Å². The Morgan fingerprint density at radius 3 is 2.43 bits per heavy atom. The van der Waals surface area contributed by atoms with Gasteiger partial charge in [0.1, 0.15) is 12.2 Å². The van der Waals surface area contributed by atoms with Crippen LogP contribution in [0.4, 0.5) is 0 Å². The second-order valence-electron chi connectivity index (χ2n) is 5.43. The number of aliphatic hydroxyl groups is 1. The van der Waals surface area contributed by atoms with E-state index in [9.17, 15) is 14.7 Å². The third kappa shape index (κ3) is 6.54. The molecule has 1 N–H and O–H groups in total. The SMILES string of the molecule is CCC[C@](O)(CCc1ccccc1)CC(=O)CC(=O)OC. The van der Waals surface area contributed by atoms with Crippen molar-refractivity contribution in [3.05, 3.63) is 35.9 Å². The number of carbonyl (C=O) groups is 2. The normalized spacial score (nSPS) is 13.5. The second kappa shape index (κ2) is 8.57. The molecule has 1 aromatic rings. The molecule has 0 radical (unpaired) electrons. The van der Waals surface area contributed by atoms with Crippen LogP contribution in [0.2, 0.25) is 0 Å². The van der Waals surface area contributed by atoms with Gasteiger partial charge in [-0.05, 0) is 24.8 Å². The van der Waals surface area contributed by atoms with Crippen molar-refractivity contribution in [1.29, 1.82) is 0 Å². The maximum Gasteiger partial charge on any atom is 0.313 e. The fraction of sp³-hybridized carbons (Fsp3) is 0.529. The Kier molecular flexibility index (Phi) is 7.09. The molecule has 0 unspecified atom stereocenters. The Morgan fingerprint density at radius 1 is 1.19 bits per heavy atom. The summed E-state index contributed by atoms with van der Waals surface area (Å²) in [7, 11) is 1.25. The van der Waals surface area contributed by atoms with Gasteiger partial charge in [0.15, 0.2) is 0 Å². The zero-order valence-electron chi connectivity index (χ0n) is 12.8. The second-order valence-corrected chi connectivity index (χ2v) is 5.43. The average molecular weight is 292 g/mol. The fourth-order valence-electron chi connectivity index (χ4n) is 2.45. The third-order valence-electron chi connectivity index (χ3n) is 3.53. The minimum absolute atomic E-state index is 0.00275. The Balaban J connectivity index is 2.60. The molecule has 0 saturated carbocycles. The smallest absolute Gasteiger partial charge is 0.313 e. The highest BCUT2D eigenvalue weighted by Gasteiger charge is 2.29. The van der Waals surface area contributed by atoms with E-state index in [1.54, 1.807) is 0 Å².